The molecule has 0 radical (unpaired) electrons. The normalized spacial score (nSPS) is 12.6. The number of alkyl halides is 6. The largest absolute Gasteiger partial charge is 0.419 e. The van der Waals surface area contributed by atoms with Gasteiger partial charge in [-0.1, -0.05) is 36.4 Å². The summed E-state index contributed by atoms with van der Waals surface area (Å²) in [6, 6.07) is 25.7. The van der Waals surface area contributed by atoms with E-state index >= 15 is 0 Å². The van der Waals surface area contributed by atoms with Gasteiger partial charge in [-0.2, -0.15) is 26.3 Å². The Bertz CT molecular complexity index is 2350. The second kappa shape index (κ2) is 11.2. The van der Waals surface area contributed by atoms with Crippen LogP contribution in [0.3, 0.4) is 0 Å². The second-order valence-corrected chi connectivity index (χ2v) is 15.3. The molecule has 0 N–H and O–H groups in total. The molecule has 0 aliphatic rings. The maximum atomic E-state index is 14.2. The molecule has 0 aliphatic heterocycles. The minimum absolute atomic E-state index is 0.378. The molecular formula is C36H16F8S4. The highest BCUT2D eigenvalue weighted by Crippen LogP contribution is 2.47. The van der Waals surface area contributed by atoms with E-state index < -0.39 is 35.1 Å². The lowest BCUT2D eigenvalue weighted by Gasteiger charge is -2.08. The predicted octanol–water partition coefficient (Wildman–Crippen LogP) is 14.4. The molecule has 8 rings (SSSR count). The Kier molecular flexibility index (Phi) is 7.29. The van der Waals surface area contributed by atoms with Crippen LogP contribution in [0.5, 0.6) is 0 Å². The third-order valence-electron chi connectivity index (χ3n) is 7.98. The molecule has 0 saturated heterocycles. The highest BCUT2D eigenvalue weighted by atomic mass is 32.1. The number of halogens is 8. The molecule has 0 atom stereocenters. The van der Waals surface area contributed by atoms with Crippen molar-refractivity contribution in [1.82, 2.24) is 0 Å². The number of hydrogen-bond acceptors (Lipinski definition) is 4. The van der Waals surface area contributed by atoms with Crippen LogP contribution >= 0.6 is 45.3 Å². The van der Waals surface area contributed by atoms with Crippen LogP contribution in [0.15, 0.2) is 97.1 Å². The molecule has 0 aliphatic carbocycles. The van der Waals surface area contributed by atoms with Crippen molar-refractivity contribution in [2.24, 2.45) is 0 Å². The van der Waals surface area contributed by atoms with Gasteiger partial charge in [0.2, 0.25) is 0 Å². The van der Waals surface area contributed by atoms with Gasteiger partial charge in [0.15, 0.2) is 0 Å². The minimum Gasteiger partial charge on any atom is -0.206 e. The molecule has 48 heavy (non-hydrogen) atoms. The fraction of sp³-hybridized carbons (Fsp3) is 0.0556. The average molecular weight is 729 g/mol. The molecule has 4 heterocycles. The van der Waals surface area contributed by atoms with Crippen LogP contribution in [0.2, 0.25) is 0 Å². The molecule has 0 nitrogen and oxygen atoms in total. The van der Waals surface area contributed by atoms with E-state index in [0.29, 0.717) is 20.9 Å². The lowest BCUT2D eigenvalue weighted by molar-refractivity contribution is -0.140. The summed E-state index contributed by atoms with van der Waals surface area (Å²) < 4.78 is 109. The Morgan fingerprint density at radius 3 is 1.15 bits per heavy atom. The molecule has 12 heteroatoms. The zero-order chi connectivity index (χ0) is 33.5. The lowest BCUT2D eigenvalue weighted by atomic mass is 10.1. The third kappa shape index (κ3) is 5.40. The van der Waals surface area contributed by atoms with E-state index in [0.717, 1.165) is 74.7 Å². The zero-order valence-corrected chi connectivity index (χ0v) is 27.2. The Morgan fingerprint density at radius 1 is 0.375 bits per heavy atom. The first-order valence-corrected chi connectivity index (χ1v) is 17.4. The van der Waals surface area contributed by atoms with Crippen molar-refractivity contribution in [3.05, 3.63) is 120 Å². The van der Waals surface area contributed by atoms with Gasteiger partial charge in [-0.15, -0.1) is 45.3 Å². The number of rotatable bonds is 4. The quantitative estimate of drug-likeness (QED) is 0.158. The second-order valence-electron chi connectivity index (χ2n) is 11.0. The summed E-state index contributed by atoms with van der Waals surface area (Å²) in [5, 5.41) is 4.22. The fourth-order valence-corrected chi connectivity index (χ4v) is 10.2. The molecule has 4 aromatic carbocycles. The summed E-state index contributed by atoms with van der Waals surface area (Å²) in [7, 11) is 0. The van der Waals surface area contributed by atoms with Crippen molar-refractivity contribution in [1.29, 1.82) is 0 Å². The van der Waals surface area contributed by atoms with Crippen LogP contribution in [0.25, 0.3) is 71.3 Å². The molecular weight excluding hydrogens is 713 g/mol. The van der Waals surface area contributed by atoms with Crippen molar-refractivity contribution in [2.45, 2.75) is 12.4 Å². The maximum Gasteiger partial charge on any atom is 0.419 e. The number of hydrogen-bond donors (Lipinski definition) is 0. The van der Waals surface area contributed by atoms with Gasteiger partial charge >= 0.3 is 12.4 Å². The van der Waals surface area contributed by atoms with Crippen LogP contribution in [0, 0.1) is 11.6 Å². The summed E-state index contributed by atoms with van der Waals surface area (Å²) in [6.07, 6.45) is -9.51. The topological polar surface area (TPSA) is 0 Å². The van der Waals surface area contributed by atoms with Crippen LogP contribution in [0.4, 0.5) is 35.1 Å². The Labute approximate surface area is 282 Å². The molecule has 0 bridgehead atoms. The summed E-state index contributed by atoms with van der Waals surface area (Å²) in [6.45, 7) is 0. The van der Waals surface area contributed by atoms with E-state index in [9.17, 15) is 35.1 Å². The van der Waals surface area contributed by atoms with Crippen LogP contribution in [-0.2, 0) is 12.4 Å². The highest BCUT2D eigenvalue weighted by Gasteiger charge is 2.35. The van der Waals surface area contributed by atoms with Gasteiger partial charge in [0.25, 0.3) is 0 Å². The van der Waals surface area contributed by atoms with Crippen molar-refractivity contribution in [3.8, 4) is 40.4 Å². The van der Waals surface area contributed by atoms with Crippen molar-refractivity contribution in [3.63, 3.8) is 0 Å². The molecule has 0 saturated carbocycles. The van der Waals surface area contributed by atoms with Gasteiger partial charge in [-0.3, -0.25) is 0 Å². The summed E-state index contributed by atoms with van der Waals surface area (Å²) in [5.41, 5.74) is -1.82. The molecule has 0 amide bonds. The number of fused-ring (bicyclic) bond motifs is 5. The number of benzene rings is 4. The van der Waals surface area contributed by atoms with Crippen LogP contribution in [-0.4, -0.2) is 0 Å². The third-order valence-corrected chi connectivity index (χ3v) is 13.0. The predicted molar refractivity (Wildman–Crippen MR) is 182 cm³/mol. The van der Waals surface area contributed by atoms with E-state index in [1.807, 2.05) is 12.1 Å². The fourth-order valence-electron chi connectivity index (χ4n) is 5.69. The molecule has 0 unspecified atom stereocenters. The monoisotopic (exact) mass is 728 g/mol. The molecule has 240 valence electrons. The van der Waals surface area contributed by atoms with E-state index in [-0.39, 0.29) is 0 Å². The SMILES string of the molecule is Fc1cc(-c2ccc(-c3cc4ccc5c(ccc6cc(-c7ccc(-c8ccc(C(F)(F)F)c(F)c8)s7)sc65)c4s3)s2)ccc1C(F)(F)F. The Morgan fingerprint density at radius 2 is 0.771 bits per heavy atom. The summed E-state index contributed by atoms with van der Waals surface area (Å²) >= 11 is 5.98. The first kappa shape index (κ1) is 31.2. The lowest BCUT2D eigenvalue weighted by Crippen LogP contribution is -2.07. The minimum atomic E-state index is -4.76. The van der Waals surface area contributed by atoms with Gasteiger partial charge < -0.3 is 0 Å². The van der Waals surface area contributed by atoms with Crippen LogP contribution in [0.1, 0.15) is 11.1 Å². The molecule has 0 fully saturated rings. The average Bonchev–Trinajstić information content (AvgIpc) is 3.84. The van der Waals surface area contributed by atoms with Gasteiger partial charge in [0.05, 0.1) is 11.1 Å². The molecule has 8 aromatic rings. The molecule has 4 aromatic heterocycles. The van der Waals surface area contributed by atoms with Crippen molar-refractivity contribution >= 4 is 76.3 Å². The Balaban J connectivity index is 1.12. The standard InChI is InChI=1S/C36H16F8S4/c37-25-13-17(3-7-23(25)35(39,40)41)27-9-11-29(45-27)31-15-19-1-5-21-22(33(19)47-31)6-2-20-16-32(48-34(20)21)30-12-10-28(46-30)18-4-8-24(26(38)14-18)36(42,43)44/h1-16H. The highest BCUT2D eigenvalue weighted by molar-refractivity contribution is 7.28. The van der Waals surface area contributed by atoms with Crippen molar-refractivity contribution in [2.75, 3.05) is 0 Å². The Hall–Kier alpha value is -4.10. The van der Waals surface area contributed by atoms with E-state index in [1.165, 1.54) is 34.8 Å². The van der Waals surface area contributed by atoms with E-state index in [1.54, 1.807) is 34.8 Å². The van der Waals surface area contributed by atoms with Gasteiger partial charge in [-0.05, 0) is 82.6 Å². The van der Waals surface area contributed by atoms with Crippen molar-refractivity contribution < 1.29 is 35.1 Å². The van der Waals surface area contributed by atoms with Gasteiger partial charge in [-0.25, -0.2) is 8.78 Å². The first-order valence-electron chi connectivity index (χ1n) is 14.2. The number of thiophene rings is 4. The van der Waals surface area contributed by atoms with E-state index in [2.05, 4.69) is 36.4 Å². The molecule has 0 spiro atoms. The first-order chi connectivity index (χ1) is 22.8. The zero-order valence-electron chi connectivity index (χ0n) is 23.9. The smallest absolute Gasteiger partial charge is 0.206 e. The van der Waals surface area contributed by atoms with Gasteiger partial charge in [0, 0.05) is 49.4 Å². The van der Waals surface area contributed by atoms with E-state index in [4.69, 9.17) is 0 Å². The maximum absolute atomic E-state index is 14.2. The summed E-state index contributed by atoms with van der Waals surface area (Å²) in [4.78, 5) is 5.12. The van der Waals surface area contributed by atoms with Gasteiger partial charge in [0.1, 0.15) is 11.6 Å². The summed E-state index contributed by atoms with van der Waals surface area (Å²) in [5.74, 6) is -2.61. The van der Waals surface area contributed by atoms with Crippen LogP contribution < -0.4 is 0 Å².